The van der Waals surface area contributed by atoms with Gasteiger partial charge in [0.15, 0.2) is 0 Å². The number of anilines is 1. The molecule has 0 fully saturated rings. The van der Waals surface area contributed by atoms with Crippen LogP contribution in [-0.4, -0.2) is 28.0 Å². The molecule has 1 aromatic heterocycles. The van der Waals surface area contributed by atoms with Gasteiger partial charge in [0.05, 0.1) is 12.3 Å². The number of aliphatic hydroxyl groups is 1. The number of aryl methyl sites for hydroxylation is 2. The Labute approximate surface area is 90.8 Å². The lowest BCUT2D eigenvalue weighted by Crippen LogP contribution is -2.26. The second kappa shape index (κ2) is 4.98. The van der Waals surface area contributed by atoms with Crippen LogP contribution in [0, 0.1) is 6.92 Å². The van der Waals surface area contributed by atoms with E-state index in [0.717, 1.165) is 30.2 Å². The summed E-state index contributed by atoms with van der Waals surface area (Å²) in [6.07, 6.45) is 1.85. The Morgan fingerprint density at radius 2 is 2.27 bits per heavy atom. The van der Waals surface area contributed by atoms with Crippen molar-refractivity contribution in [3.63, 3.8) is 0 Å². The lowest BCUT2D eigenvalue weighted by Gasteiger charge is -2.22. The summed E-state index contributed by atoms with van der Waals surface area (Å²) < 4.78 is 1.81. The molecule has 0 aliphatic heterocycles. The van der Waals surface area contributed by atoms with Crippen LogP contribution >= 0.6 is 0 Å². The second-order valence-electron chi connectivity index (χ2n) is 3.50. The molecule has 0 amide bonds. The first-order valence-electron chi connectivity index (χ1n) is 5.14. The molecule has 1 N–H and O–H groups in total. The van der Waals surface area contributed by atoms with E-state index in [2.05, 4.69) is 23.5 Å². The fraction of sp³-hybridized carbons (Fsp3) is 0.545. The van der Waals surface area contributed by atoms with Crippen LogP contribution in [-0.2, 0) is 13.7 Å². The highest BCUT2D eigenvalue weighted by molar-refractivity contribution is 5.50. The van der Waals surface area contributed by atoms with Gasteiger partial charge in [-0.1, -0.05) is 6.08 Å². The van der Waals surface area contributed by atoms with Crippen molar-refractivity contribution < 1.29 is 5.11 Å². The summed E-state index contributed by atoms with van der Waals surface area (Å²) in [6.45, 7) is 9.39. The summed E-state index contributed by atoms with van der Waals surface area (Å²) in [5, 5.41) is 13.6. The number of aromatic nitrogens is 2. The van der Waals surface area contributed by atoms with Crippen molar-refractivity contribution >= 4 is 5.82 Å². The molecule has 84 valence electrons. The quantitative estimate of drug-likeness (QED) is 0.742. The smallest absolute Gasteiger partial charge is 0.132 e. The van der Waals surface area contributed by atoms with Crippen molar-refractivity contribution in [1.29, 1.82) is 0 Å². The molecule has 0 aliphatic rings. The average molecular weight is 209 g/mol. The summed E-state index contributed by atoms with van der Waals surface area (Å²) in [4.78, 5) is 2.14. The van der Waals surface area contributed by atoms with Crippen molar-refractivity contribution in [2.24, 2.45) is 7.05 Å². The molecule has 0 saturated carbocycles. The highest BCUT2D eigenvalue weighted by Gasteiger charge is 2.16. The fourth-order valence-electron chi connectivity index (χ4n) is 1.79. The van der Waals surface area contributed by atoms with Gasteiger partial charge in [-0.3, -0.25) is 4.68 Å². The Morgan fingerprint density at radius 3 is 2.73 bits per heavy atom. The lowest BCUT2D eigenvalue weighted by molar-refractivity contribution is 0.281. The average Bonchev–Trinajstić information content (AvgIpc) is 2.49. The maximum atomic E-state index is 9.32. The topological polar surface area (TPSA) is 41.3 Å². The van der Waals surface area contributed by atoms with E-state index in [9.17, 15) is 5.11 Å². The summed E-state index contributed by atoms with van der Waals surface area (Å²) in [7, 11) is 1.90. The maximum absolute atomic E-state index is 9.32. The number of aliphatic hydroxyl groups excluding tert-OH is 1. The first kappa shape index (κ1) is 11.8. The molecule has 15 heavy (non-hydrogen) atoms. The zero-order chi connectivity index (χ0) is 11.4. The molecule has 4 nitrogen and oxygen atoms in total. The zero-order valence-electron chi connectivity index (χ0n) is 9.69. The largest absolute Gasteiger partial charge is 0.391 e. The van der Waals surface area contributed by atoms with Crippen molar-refractivity contribution in [3.8, 4) is 0 Å². The third-order valence-electron chi connectivity index (χ3n) is 2.50. The van der Waals surface area contributed by atoms with E-state index in [-0.39, 0.29) is 6.61 Å². The van der Waals surface area contributed by atoms with E-state index in [4.69, 9.17) is 0 Å². The molecule has 0 saturated heterocycles. The molecular formula is C11H19N3O. The molecule has 0 spiro atoms. The van der Waals surface area contributed by atoms with Gasteiger partial charge in [-0.05, 0) is 13.8 Å². The van der Waals surface area contributed by atoms with Gasteiger partial charge in [-0.2, -0.15) is 5.10 Å². The van der Waals surface area contributed by atoms with Gasteiger partial charge in [0, 0.05) is 25.7 Å². The SMILES string of the molecule is C=CCN(CC)c1c(CO)c(C)nn1C. The summed E-state index contributed by atoms with van der Waals surface area (Å²) >= 11 is 0. The summed E-state index contributed by atoms with van der Waals surface area (Å²) in [5.74, 6) is 0.984. The number of hydrogen-bond acceptors (Lipinski definition) is 3. The molecule has 1 rings (SSSR count). The summed E-state index contributed by atoms with van der Waals surface area (Å²) in [5.41, 5.74) is 1.79. The van der Waals surface area contributed by atoms with Gasteiger partial charge in [0.2, 0.25) is 0 Å². The van der Waals surface area contributed by atoms with Gasteiger partial charge in [-0.25, -0.2) is 0 Å². The van der Waals surface area contributed by atoms with Crippen molar-refractivity contribution in [1.82, 2.24) is 9.78 Å². The van der Waals surface area contributed by atoms with E-state index in [1.54, 1.807) is 0 Å². The maximum Gasteiger partial charge on any atom is 0.132 e. The van der Waals surface area contributed by atoms with E-state index in [0.29, 0.717) is 0 Å². The van der Waals surface area contributed by atoms with Crippen LogP contribution in [0.5, 0.6) is 0 Å². The number of rotatable bonds is 5. The third kappa shape index (κ3) is 2.21. The minimum Gasteiger partial charge on any atom is -0.391 e. The second-order valence-corrected chi connectivity index (χ2v) is 3.50. The third-order valence-corrected chi connectivity index (χ3v) is 2.50. The molecule has 1 heterocycles. The summed E-state index contributed by atoms with van der Waals surface area (Å²) in [6, 6.07) is 0. The molecule has 1 aromatic rings. The Kier molecular flexibility index (Phi) is 3.91. The van der Waals surface area contributed by atoms with Crippen LogP contribution < -0.4 is 4.90 Å². The van der Waals surface area contributed by atoms with Gasteiger partial charge >= 0.3 is 0 Å². The van der Waals surface area contributed by atoms with Crippen LogP contribution in [0.15, 0.2) is 12.7 Å². The molecule has 4 heteroatoms. The van der Waals surface area contributed by atoms with Crippen LogP contribution in [0.3, 0.4) is 0 Å². The number of hydrogen-bond donors (Lipinski definition) is 1. The predicted octanol–water partition coefficient (Wildman–Crippen LogP) is 1.23. The minimum atomic E-state index is 0.0304. The monoisotopic (exact) mass is 209 g/mol. The fourth-order valence-corrected chi connectivity index (χ4v) is 1.79. The molecule has 0 bridgehead atoms. The molecule has 0 aliphatic carbocycles. The van der Waals surface area contributed by atoms with E-state index in [1.807, 2.05) is 24.7 Å². The Balaban J connectivity index is 3.14. The minimum absolute atomic E-state index is 0.0304. The van der Waals surface area contributed by atoms with Crippen LogP contribution in [0.25, 0.3) is 0 Å². The Bertz CT molecular complexity index is 344. The van der Waals surface area contributed by atoms with E-state index < -0.39 is 0 Å². The van der Waals surface area contributed by atoms with Crippen LogP contribution in [0.2, 0.25) is 0 Å². The van der Waals surface area contributed by atoms with Crippen LogP contribution in [0.1, 0.15) is 18.2 Å². The Hall–Kier alpha value is -1.29. The van der Waals surface area contributed by atoms with Gasteiger partial charge < -0.3 is 10.0 Å². The predicted molar refractivity (Wildman–Crippen MR) is 62.0 cm³/mol. The van der Waals surface area contributed by atoms with Gasteiger partial charge in [0.1, 0.15) is 5.82 Å². The molecule has 0 aromatic carbocycles. The molecule has 0 radical (unpaired) electrons. The van der Waals surface area contributed by atoms with E-state index in [1.165, 1.54) is 0 Å². The van der Waals surface area contributed by atoms with Crippen molar-refractivity contribution in [2.45, 2.75) is 20.5 Å². The van der Waals surface area contributed by atoms with Crippen LogP contribution in [0.4, 0.5) is 5.82 Å². The van der Waals surface area contributed by atoms with Gasteiger partial charge in [0.25, 0.3) is 0 Å². The Morgan fingerprint density at radius 1 is 1.60 bits per heavy atom. The molecular weight excluding hydrogens is 190 g/mol. The highest BCUT2D eigenvalue weighted by Crippen LogP contribution is 2.22. The molecule has 0 atom stereocenters. The highest BCUT2D eigenvalue weighted by atomic mass is 16.3. The first-order valence-corrected chi connectivity index (χ1v) is 5.14. The van der Waals surface area contributed by atoms with Crippen molar-refractivity contribution in [2.75, 3.05) is 18.0 Å². The number of likely N-dealkylation sites (N-methyl/N-ethyl adjacent to an activating group) is 1. The normalized spacial score (nSPS) is 10.4. The van der Waals surface area contributed by atoms with E-state index >= 15 is 0 Å². The van der Waals surface area contributed by atoms with Crippen molar-refractivity contribution in [3.05, 3.63) is 23.9 Å². The first-order chi connectivity index (χ1) is 7.15. The standard InChI is InChI=1S/C11H19N3O/c1-5-7-14(6-2)11-10(8-15)9(3)12-13(11)4/h5,15H,1,6-8H2,2-4H3. The molecule has 0 unspecified atom stereocenters. The number of nitrogens with zero attached hydrogens (tertiary/aromatic N) is 3. The zero-order valence-corrected chi connectivity index (χ0v) is 9.69. The lowest BCUT2D eigenvalue weighted by atomic mass is 10.2. The van der Waals surface area contributed by atoms with Gasteiger partial charge in [-0.15, -0.1) is 6.58 Å².